The summed E-state index contributed by atoms with van der Waals surface area (Å²) in [5, 5.41) is 15.9. The van der Waals surface area contributed by atoms with Gasteiger partial charge in [0, 0.05) is 35.0 Å². The maximum Gasteiger partial charge on any atom is 0.260 e. The van der Waals surface area contributed by atoms with Crippen LogP contribution < -0.4 is 10.6 Å². The SMILES string of the molecule is CC(C)(C)c1ccc2c(c1)C(=CNCc1ccc(-c3ccoc3)c(O)c1)C(=O)NC2=O. The van der Waals surface area contributed by atoms with E-state index in [1.807, 2.05) is 24.3 Å². The third kappa shape index (κ3) is 4.10. The Morgan fingerprint density at radius 1 is 1.00 bits per heavy atom. The van der Waals surface area contributed by atoms with E-state index in [-0.39, 0.29) is 11.2 Å². The largest absolute Gasteiger partial charge is 0.507 e. The number of hydrogen-bond donors (Lipinski definition) is 3. The first-order valence-corrected chi connectivity index (χ1v) is 10.0. The minimum absolute atomic E-state index is 0.112. The number of imide groups is 1. The predicted molar refractivity (Wildman–Crippen MR) is 118 cm³/mol. The predicted octanol–water partition coefficient (Wildman–Crippen LogP) is 4.35. The van der Waals surface area contributed by atoms with Crippen molar-refractivity contribution in [1.82, 2.24) is 10.6 Å². The van der Waals surface area contributed by atoms with Gasteiger partial charge < -0.3 is 14.8 Å². The molecule has 3 aromatic rings. The van der Waals surface area contributed by atoms with Crippen LogP contribution in [0.5, 0.6) is 5.75 Å². The second-order valence-corrected chi connectivity index (χ2v) is 8.60. The third-order valence-electron chi connectivity index (χ3n) is 5.34. The Labute approximate surface area is 180 Å². The Bertz CT molecular complexity index is 1180. The van der Waals surface area contributed by atoms with Gasteiger partial charge in [-0.2, -0.15) is 0 Å². The van der Waals surface area contributed by atoms with Gasteiger partial charge in [0.25, 0.3) is 11.8 Å². The number of amides is 2. The number of fused-ring (bicyclic) bond motifs is 1. The standard InChI is InChI=1S/C25H24N2O4/c1-25(2,3)17-5-7-19-20(11-17)21(24(30)27-23(19)29)13-26-12-15-4-6-18(22(28)10-15)16-8-9-31-14-16/h4-11,13-14,26,28H,12H2,1-3H3,(H,27,29,30). The molecule has 1 aliphatic heterocycles. The number of rotatable bonds is 4. The van der Waals surface area contributed by atoms with Gasteiger partial charge >= 0.3 is 0 Å². The lowest BCUT2D eigenvalue weighted by Crippen LogP contribution is -2.37. The molecule has 3 N–H and O–H groups in total. The summed E-state index contributed by atoms with van der Waals surface area (Å²) < 4.78 is 5.07. The van der Waals surface area contributed by atoms with Crippen molar-refractivity contribution in [3.63, 3.8) is 0 Å². The molecule has 0 unspecified atom stereocenters. The van der Waals surface area contributed by atoms with Crippen LogP contribution in [0, 0.1) is 0 Å². The molecule has 6 heteroatoms. The van der Waals surface area contributed by atoms with Crippen molar-refractivity contribution >= 4 is 17.4 Å². The number of phenolic OH excluding ortho intramolecular Hbond substituents is 1. The van der Waals surface area contributed by atoms with Crippen molar-refractivity contribution in [3.8, 4) is 16.9 Å². The molecule has 0 radical (unpaired) electrons. The fourth-order valence-electron chi connectivity index (χ4n) is 3.55. The van der Waals surface area contributed by atoms with Crippen LogP contribution in [0.4, 0.5) is 0 Å². The van der Waals surface area contributed by atoms with Crippen LogP contribution in [-0.2, 0) is 16.8 Å². The van der Waals surface area contributed by atoms with Crippen LogP contribution >= 0.6 is 0 Å². The van der Waals surface area contributed by atoms with Gasteiger partial charge in [-0.15, -0.1) is 0 Å². The molecule has 2 heterocycles. The summed E-state index contributed by atoms with van der Waals surface area (Å²) in [5.74, 6) is -0.680. The lowest BCUT2D eigenvalue weighted by molar-refractivity contribution is -0.114. The van der Waals surface area contributed by atoms with E-state index in [0.717, 1.165) is 16.7 Å². The van der Waals surface area contributed by atoms with Gasteiger partial charge in [0.15, 0.2) is 0 Å². The van der Waals surface area contributed by atoms with Gasteiger partial charge in [0.1, 0.15) is 5.75 Å². The first-order valence-electron chi connectivity index (χ1n) is 10.0. The average Bonchev–Trinajstić information content (AvgIpc) is 3.24. The van der Waals surface area contributed by atoms with E-state index in [1.54, 1.807) is 36.9 Å². The van der Waals surface area contributed by atoms with Crippen molar-refractivity contribution < 1.29 is 19.1 Å². The second kappa shape index (κ2) is 7.80. The summed E-state index contributed by atoms with van der Waals surface area (Å²) in [6, 6.07) is 12.8. The van der Waals surface area contributed by atoms with E-state index in [1.165, 1.54) is 0 Å². The van der Waals surface area contributed by atoms with Crippen molar-refractivity contribution in [1.29, 1.82) is 0 Å². The number of aromatic hydroxyl groups is 1. The van der Waals surface area contributed by atoms with Gasteiger partial charge in [0.2, 0.25) is 0 Å². The molecule has 0 aliphatic carbocycles. The van der Waals surface area contributed by atoms with E-state index in [0.29, 0.717) is 28.8 Å². The second-order valence-electron chi connectivity index (χ2n) is 8.60. The van der Waals surface area contributed by atoms with Crippen molar-refractivity contribution in [2.45, 2.75) is 32.7 Å². The van der Waals surface area contributed by atoms with Gasteiger partial charge in [-0.25, -0.2) is 0 Å². The first-order chi connectivity index (χ1) is 14.7. The topological polar surface area (TPSA) is 91.6 Å². The highest BCUT2D eigenvalue weighted by Crippen LogP contribution is 2.31. The van der Waals surface area contributed by atoms with Crippen LogP contribution in [0.25, 0.3) is 16.7 Å². The molecule has 0 atom stereocenters. The Balaban J connectivity index is 1.58. The lowest BCUT2D eigenvalue weighted by Gasteiger charge is -2.24. The summed E-state index contributed by atoms with van der Waals surface area (Å²) in [6.45, 7) is 6.65. The van der Waals surface area contributed by atoms with Gasteiger partial charge in [-0.1, -0.05) is 39.0 Å². The maximum atomic E-state index is 12.5. The highest BCUT2D eigenvalue weighted by atomic mass is 16.3. The smallest absolute Gasteiger partial charge is 0.260 e. The van der Waals surface area contributed by atoms with Crippen LogP contribution in [0.2, 0.25) is 0 Å². The van der Waals surface area contributed by atoms with E-state index < -0.39 is 11.8 Å². The molecular formula is C25H24N2O4. The van der Waals surface area contributed by atoms with Crippen LogP contribution in [0.15, 0.2) is 65.6 Å². The Morgan fingerprint density at radius 3 is 2.45 bits per heavy atom. The normalized spacial score (nSPS) is 15.0. The molecule has 6 nitrogen and oxygen atoms in total. The number of carbonyl (C=O) groups excluding carboxylic acids is 2. The summed E-state index contributed by atoms with van der Waals surface area (Å²) in [4.78, 5) is 24.8. The highest BCUT2D eigenvalue weighted by Gasteiger charge is 2.28. The van der Waals surface area contributed by atoms with Crippen molar-refractivity contribution in [2.75, 3.05) is 0 Å². The van der Waals surface area contributed by atoms with Crippen molar-refractivity contribution in [3.05, 3.63) is 83.4 Å². The minimum atomic E-state index is -0.436. The van der Waals surface area contributed by atoms with Crippen LogP contribution in [0.3, 0.4) is 0 Å². The molecule has 0 saturated heterocycles. The number of furan rings is 1. The molecule has 158 valence electrons. The molecular weight excluding hydrogens is 392 g/mol. The van der Waals surface area contributed by atoms with Crippen LogP contribution in [-0.4, -0.2) is 16.9 Å². The Hall–Kier alpha value is -3.80. The minimum Gasteiger partial charge on any atom is -0.507 e. The van der Waals surface area contributed by atoms with Gasteiger partial charge in [0.05, 0.1) is 18.1 Å². The maximum absolute atomic E-state index is 12.5. The lowest BCUT2D eigenvalue weighted by atomic mass is 9.83. The average molecular weight is 416 g/mol. The number of carbonyl (C=O) groups is 2. The van der Waals surface area contributed by atoms with Gasteiger partial charge in [-0.05, 0) is 40.8 Å². The zero-order chi connectivity index (χ0) is 22.2. The molecule has 0 bridgehead atoms. The highest BCUT2D eigenvalue weighted by molar-refractivity contribution is 6.31. The molecule has 1 aliphatic rings. The zero-order valence-corrected chi connectivity index (χ0v) is 17.7. The molecule has 2 aromatic carbocycles. The van der Waals surface area contributed by atoms with E-state index in [4.69, 9.17) is 4.42 Å². The molecule has 31 heavy (non-hydrogen) atoms. The Kier molecular flexibility index (Phi) is 5.15. The number of hydrogen-bond acceptors (Lipinski definition) is 5. The molecule has 0 saturated carbocycles. The molecule has 2 amide bonds. The van der Waals surface area contributed by atoms with E-state index in [2.05, 4.69) is 31.4 Å². The number of benzene rings is 2. The molecule has 0 fully saturated rings. The number of phenols is 1. The third-order valence-corrected chi connectivity index (χ3v) is 5.34. The molecule has 1 aromatic heterocycles. The monoisotopic (exact) mass is 416 g/mol. The summed E-state index contributed by atoms with van der Waals surface area (Å²) >= 11 is 0. The molecule has 4 rings (SSSR count). The summed E-state index contributed by atoms with van der Waals surface area (Å²) in [6.07, 6.45) is 4.75. The fraction of sp³-hybridized carbons (Fsp3) is 0.200. The molecule has 0 spiro atoms. The van der Waals surface area contributed by atoms with Gasteiger partial charge in [-0.3, -0.25) is 14.9 Å². The summed E-state index contributed by atoms with van der Waals surface area (Å²) in [7, 11) is 0. The van der Waals surface area contributed by atoms with E-state index in [9.17, 15) is 14.7 Å². The number of nitrogens with one attached hydrogen (secondary N) is 2. The quantitative estimate of drug-likeness (QED) is 0.434. The fourth-order valence-corrected chi connectivity index (χ4v) is 3.55. The first kappa shape index (κ1) is 20.5. The zero-order valence-electron chi connectivity index (χ0n) is 17.7. The van der Waals surface area contributed by atoms with Crippen molar-refractivity contribution in [2.24, 2.45) is 0 Å². The van der Waals surface area contributed by atoms with Crippen LogP contribution in [0.1, 0.15) is 47.8 Å². The van der Waals surface area contributed by atoms with E-state index >= 15 is 0 Å². The summed E-state index contributed by atoms with van der Waals surface area (Å²) in [5.41, 5.74) is 4.75. The Morgan fingerprint density at radius 2 is 1.77 bits per heavy atom.